The van der Waals surface area contributed by atoms with Gasteiger partial charge in [-0.2, -0.15) is 0 Å². The Bertz CT molecular complexity index is 1480. The van der Waals surface area contributed by atoms with Gasteiger partial charge >= 0.3 is 0 Å². The predicted molar refractivity (Wildman–Crippen MR) is 365 cm³/mol. The molecular formula is C78H144O6. The molecule has 6 heteroatoms. The lowest BCUT2D eigenvalue weighted by atomic mass is 9.97. The van der Waals surface area contributed by atoms with E-state index in [0.29, 0.717) is 26.4 Å². The second-order valence-electron chi connectivity index (χ2n) is 26.3. The molecule has 5 atom stereocenters. The molecule has 1 fully saturated rings. The van der Waals surface area contributed by atoms with Crippen LogP contribution in [0.2, 0.25) is 0 Å². The third kappa shape index (κ3) is 47.4. The zero-order valence-electron chi connectivity index (χ0n) is 56.9. The van der Waals surface area contributed by atoms with Crippen molar-refractivity contribution in [3.05, 3.63) is 29.8 Å². The lowest BCUT2D eigenvalue weighted by Crippen LogP contribution is -2.63. The van der Waals surface area contributed by atoms with E-state index in [4.69, 9.17) is 34.8 Å². The molecule has 1 aromatic rings. The molecule has 0 unspecified atom stereocenters. The van der Waals surface area contributed by atoms with Gasteiger partial charge in [0, 0.05) is 32.0 Å². The molecule has 1 aliphatic heterocycles. The Morgan fingerprint density at radius 2 is 0.560 bits per heavy atom. The molecule has 0 bridgehead atoms. The zero-order valence-corrected chi connectivity index (χ0v) is 56.9. The molecule has 1 heterocycles. The van der Waals surface area contributed by atoms with Gasteiger partial charge in [0.25, 0.3) is 0 Å². The number of hydrogen-bond acceptors (Lipinski definition) is 6. The molecule has 2 rings (SSSR count). The third-order valence-electron chi connectivity index (χ3n) is 18.2. The van der Waals surface area contributed by atoms with Crippen LogP contribution in [0.25, 0.3) is 0 Å². The number of unbranched alkanes of at least 4 members (excludes halogenated alkanes) is 52. The average molecular weight is 1180 g/mol. The Morgan fingerprint density at radius 3 is 0.845 bits per heavy atom. The Balaban J connectivity index is 2.12. The van der Waals surface area contributed by atoms with E-state index in [0.717, 1.165) is 43.6 Å². The first-order chi connectivity index (χ1) is 41.7. The van der Waals surface area contributed by atoms with Crippen LogP contribution in [0.1, 0.15) is 393 Å². The Hall–Kier alpha value is -1.62. The van der Waals surface area contributed by atoms with E-state index < -0.39 is 12.4 Å². The van der Waals surface area contributed by atoms with Crippen LogP contribution in [0.5, 0.6) is 5.75 Å². The zero-order chi connectivity index (χ0) is 60.0. The van der Waals surface area contributed by atoms with Crippen molar-refractivity contribution in [2.45, 2.75) is 418 Å². The van der Waals surface area contributed by atoms with Crippen molar-refractivity contribution in [3.63, 3.8) is 0 Å². The van der Waals surface area contributed by atoms with E-state index in [1.165, 1.54) is 334 Å². The standard InChI is InChI=1S/C78H144O6/c1-6-11-15-19-23-27-31-35-39-43-47-51-55-59-67-79-71-74-75(80-68-60-56-52-48-44-40-36-32-28-24-20-16-12-7-2)76(81-69-61-57-53-49-45-41-37-33-29-25-21-17-13-8-3)77(78(84-74)83-73-65-63-72(10-5)64-66-73)82-70-62-58-54-50-46-42-38-34-30-26-22-18-14-9-4/h5,63-66,74-78H,6-9,11-62,67-71H2,1-4H3/t74-,75-,76+,77-,78-/m1/s1. The topological polar surface area (TPSA) is 55.4 Å². The first-order valence-corrected chi connectivity index (χ1v) is 38.0. The summed E-state index contributed by atoms with van der Waals surface area (Å²) in [5, 5.41) is 0. The highest BCUT2D eigenvalue weighted by Crippen LogP contribution is 2.32. The molecular weight excluding hydrogens is 1030 g/mol. The van der Waals surface area contributed by atoms with Crippen LogP contribution in [-0.2, 0) is 23.7 Å². The fourth-order valence-electron chi connectivity index (χ4n) is 12.6. The molecule has 492 valence electrons. The fourth-order valence-corrected chi connectivity index (χ4v) is 12.6. The van der Waals surface area contributed by atoms with Crippen LogP contribution in [0.15, 0.2) is 24.3 Å². The van der Waals surface area contributed by atoms with Crippen LogP contribution in [0.3, 0.4) is 0 Å². The van der Waals surface area contributed by atoms with E-state index in [1.54, 1.807) is 0 Å². The van der Waals surface area contributed by atoms with Gasteiger partial charge in [0.05, 0.1) is 6.61 Å². The van der Waals surface area contributed by atoms with Crippen molar-refractivity contribution in [2.24, 2.45) is 0 Å². The van der Waals surface area contributed by atoms with Gasteiger partial charge in [-0.1, -0.05) is 367 Å². The number of hydrogen-bond donors (Lipinski definition) is 0. The molecule has 0 aliphatic carbocycles. The maximum Gasteiger partial charge on any atom is 0.229 e. The molecule has 0 aromatic heterocycles. The molecule has 84 heavy (non-hydrogen) atoms. The molecule has 0 radical (unpaired) electrons. The molecule has 0 amide bonds. The summed E-state index contributed by atoms with van der Waals surface area (Å²) in [7, 11) is 0. The van der Waals surface area contributed by atoms with Gasteiger partial charge in [-0.05, 0) is 49.9 Å². The number of rotatable bonds is 67. The van der Waals surface area contributed by atoms with Crippen LogP contribution in [-0.4, -0.2) is 63.7 Å². The second-order valence-corrected chi connectivity index (χ2v) is 26.3. The van der Waals surface area contributed by atoms with Gasteiger partial charge in [-0.25, -0.2) is 0 Å². The largest absolute Gasteiger partial charge is 0.462 e. The van der Waals surface area contributed by atoms with Crippen molar-refractivity contribution < 1.29 is 28.4 Å². The molecule has 6 nitrogen and oxygen atoms in total. The fraction of sp³-hybridized carbons (Fsp3) is 0.897. The van der Waals surface area contributed by atoms with Gasteiger partial charge in [-0.3, -0.25) is 0 Å². The third-order valence-corrected chi connectivity index (χ3v) is 18.2. The van der Waals surface area contributed by atoms with Gasteiger partial charge in [0.15, 0.2) is 0 Å². The lowest BCUT2D eigenvalue weighted by molar-refractivity contribution is -0.304. The maximum atomic E-state index is 7.14. The molecule has 0 N–H and O–H groups in total. The summed E-state index contributed by atoms with van der Waals surface area (Å²) < 4.78 is 41.7. The minimum Gasteiger partial charge on any atom is -0.462 e. The quantitative estimate of drug-likeness (QED) is 0.0479. The van der Waals surface area contributed by atoms with E-state index in [9.17, 15) is 0 Å². The predicted octanol–water partition coefficient (Wildman–Crippen LogP) is 24.9. The molecule has 0 saturated carbocycles. The monoisotopic (exact) mass is 1180 g/mol. The maximum absolute atomic E-state index is 7.14. The first kappa shape index (κ1) is 78.5. The van der Waals surface area contributed by atoms with E-state index >= 15 is 0 Å². The summed E-state index contributed by atoms with van der Waals surface area (Å²) in [6.07, 6.45) is 78.7. The normalized spacial score (nSPS) is 17.1. The van der Waals surface area contributed by atoms with Crippen molar-refractivity contribution >= 4 is 0 Å². The summed E-state index contributed by atoms with van der Waals surface area (Å²) in [6, 6.07) is 7.83. The molecule has 1 aliphatic rings. The van der Waals surface area contributed by atoms with Crippen molar-refractivity contribution in [1.29, 1.82) is 0 Å². The number of terminal acetylenes is 1. The summed E-state index contributed by atoms with van der Waals surface area (Å²) in [6.45, 7) is 12.4. The number of ether oxygens (including phenoxy) is 6. The van der Waals surface area contributed by atoms with Gasteiger partial charge < -0.3 is 28.4 Å². The Labute approximate surface area is 524 Å². The van der Waals surface area contributed by atoms with Crippen LogP contribution in [0.4, 0.5) is 0 Å². The summed E-state index contributed by atoms with van der Waals surface area (Å²) in [4.78, 5) is 0. The molecule has 1 aromatic carbocycles. The Morgan fingerprint density at radius 1 is 0.310 bits per heavy atom. The highest BCUT2D eigenvalue weighted by Gasteiger charge is 2.49. The summed E-state index contributed by atoms with van der Waals surface area (Å²) in [5.74, 6) is 3.49. The molecule has 1 saturated heterocycles. The first-order valence-electron chi connectivity index (χ1n) is 38.0. The van der Waals surface area contributed by atoms with Crippen molar-refractivity contribution in [2.75, 3.05) is 33.0 Å². The van der Waals surface area contributed by atoms with E-state index in [-0.39, 0.29) is 18.3 Å². The summed E-state index contributed by atoms with van der Waals surface area (Å²) >= 11 is 0. The van der Waals surface area contributed by atoms with E-state index in [2.05, 4.69) is 33.6 Å². The van der Waals surface area contributed by atoms with Gasteiger partial charge in [0.2, 0.25) is 6.29 Å². The molecule has 0 spiro atoms. The van der Waals surface area contributed by atoms with Gasteiger partial charge in [-0.15, -0.1) is 6.42 Å². The van der Waals surface area contributed by atoms with Crippen molar-refractivity contribution in [3.8, 4) is 18.1 Å². The Kier molecular flexibility index (Phi) is 58.8. The smallest absolute Gasteiger partial charge is 0.229 e. The number of benzene rings is 1. The lowest BCUT2D eigenvalue weighted by Gasteiger charge is -2.45. The summed E-state index contributed by atoms with van der Waals surface area (Å²) in [5.41, 5.74) is 0.832. The highest BCUT2D eigenvalue weighted by molar-refractivity contribution is 5.36. The van der Waals surface area contributed by atoms with Gasteiger partial charge in [0.1, 0.15) is 30.2 Å². The van der Waals surface area contributed by atoms with Crippen LogP contribution < -0.4 is 4.74 Å². The highest BCUT2D eigenvalue weighted by atomic mass is 16.7. The SMILES string of the molecule is C#Cc1ccc(O[C@@H]2O[C@H](COCCCCCCCCCCCCCCCC)[C@@H](OCCCCCCCCCCCCCCCC)[C@H](OCCCCCCCCCCCCCCCC)[C@H]2OCCCCCCCCCCCCCCCC)cc1. The average Bonchev–Trinajstić information content (AvgIpc) is 2.62. The van der Waals surface area contributed by atoms with E-state index in [1.807, 2.05) is 24.3 Å². The van der Waals surface area contributed by atoms with Crippen LogP contribution >= 0.6 is 0 Å². The van der Waals surface area contributed by atoms with Crippen molar-refractivity contribution in [1.82, 2.24) is 0 Å². The van der Waals surface area contributed by atoms with Crippen LogP contribution in [0, 0.1) is 12.3 Å². The minimum absolute atomic E-state index is 0.319. The second kappa shape index (κ2) is 63.0. The minimum atomic E-state index is -0.676.